The summed E-state index contributed by atoms with van der Waals surface area (Å²) in [6.45, 7) is 3.90. The van der Waals surface area contributed by atoms with Crippen LogP contribution in [-0.2, 0) is 4.79 Å². The van der Waals surface area contributed by atoms with E-state index >= 15 is 0 Å². The maximum atomic E-state index is 10.4. The van der Waals surface area contributed by atoms with Gasteiger partial charge in [-0.05, 0) is 18.8 Å². The average molecular weight is 153 g/mol. The lowest BCUT2D eigenvalue weighted by Gasteiger charge is -2.19. The van der Waals surface area contributed by atoms with Crippen LogP contribution in [0.3, 0.4) is 0 Å². The van der Waals surface area contributed by atoms with Crippen molar-refractivity contribution in [1.29, 1.82) is 0 Å². The van der Waals surface area contributed by atoms with Gasteiger partial charge in [0.25, 0.3) is 0 Å². The van der Waals surface area contributed by atoms with E-state index in [1.165, 1.54) is 25.7 Å². The van der Waals surface area contributed by atoms with Crippen molar-refractivity contribution < 1.29 is 4.79 Å². The first-order valence-electron chi connectivity index (χ1n) is 4.12. The fourth-order valence-corrected chi connectivity index (χ4v) is 1.61. The van der Waals surface area contributed by atoms with Crippen LogP contribution in [0.15, 0.2) is 12.3 Å². The molecule has 1 fully saturated rings. The lowest BCUT2D eigenvalue weighted by molar-refractivity contribution is -0.115. The minimum Gasteiger partial charge on any atom is -0.322 e. The smallest absolute Gasteiger partial charge is 0.213 e. The number of rotatable bonds is 3. The van der Waals surface area contributed by atoms with Crippen molar-refractivity contribution in [2.75, 3.05) is 7.05 Å². The summed E-state index contributed by atoms with van der Waals surface area (Å²) in [7, 11) is 1.77. The zero-order valence-electron chi connectivity index (χ0n) is 7.05. The van der Waals surface area contributed by atoms with Crippen LogP contribution >= 0.6 is 0 Å². The molecular weight excluding hydrogens is 138 g/mol. The number of hydrogen-bond acceptors (Lipinski definition) is 1. The summed E-state index contributed by atoms with van der Waals surface area (Å²) in [6, 6.07) is 0. The topological polar surface area (TPSA) is 20.3 Å². The van der Waals surface area contributed by atoms with Gasteiger partial charge in [0.1, 0.15) is 0 Å². The third-order valence-corrected chi connectivity index (χ3v) is 2.44. The molecule has 1 amide bonds. The Hall–Kier alpha value is -0.790. The van der Waals surface area contributed by atoms with Crippen molar-refractivity contribution in [2.24, 2.45) is 5.92 Å². The van der Waals surface area contributed by atoms with Crippen LogP contribution in [0.2, 0.25) is 0 Å². The molecule has 0 N–H and O–H groups in total. The number of allylic oxidation sites excluding steroid dienone is 1. The van der Waals surface area contributed by atoms with Crippen molar-refractivity contribution in [3.05, 3.63) is 12.3 Å². The summed E-state index contributed by atoms with van der Waals surface area (Å²) in [5.74, 6) is 0.560. The van der Waals surface area contributed by atoms with E-state index in [9.17, 15) is 4.79 Å². The van der Waals surface area contributed by atoms with Gasteiger partial charge in [0.2, 0.25) is 6.41 Å². The minimum atomic E-state index is 0.560. The molecule has 0 aromatic rings. The highest BCUT2D eigenvalue weighted by Crippen LogP contribution is 2.30. The predicted octanol–water partition coefficient (Wildman–Crippen LogP) is 1.78. The van der Waals surface area contributed by atoms with Gasteiger partial charge in [-0.25, -0.2) is 0 Å². The van der Waals surface area contributed by atoms with E-state index in [4.69, 9.17) is 0 Å². The highest BCUT2D eigenvalue weighted by molar-refractivity contribution is 5.50. The Morgan fingerprint density at radius 3 is 2.55 bits per heavy atom. The average Bonchev–Trinajstić information content (AvgIpc) is 2.53. The lowest BCUT2D eigenvalue weighted by atomic mass is 10.0. The summed E-state index contributed by atoms with van der Waals surface area (Å²) in [5.41, 5.74) is 0.984. The molecule has 0 atom stereocenters. The van der Waals surface area contributed by atoms with Gasteiger partial charge < -0.3 is 4.90 Å². The van der Waals surface area contributed by atoms with Crippen LogP contribution in [0, 0.1) is 5.92 Å². The zero-order chi connectivity index (χ0) is 8.27. The molecule has 0 aliphatic heterocycles. The molecule has 0 radical (unpaired) electrons. The lowest BCUT2D eigenvalue weighted by Crippen LogP contribution is -2.19. The molecule has 0 bridgehead atoms. The van der Waals surface area contributed by atoms with E-state index in [0.29, 0.717) is 5.92 Å². The Bertz CT molecular complexity index is 159. The van der Waals surface area contributed by atoms with Gasteiger partial charge in [-0.2, -0.15) is 0 Å². The predicted molar refractivity (Wildman–Crippen MR) is 44.9 cm³/mol. The molecule has 0 heterocycles. The van der Waals surface area contributed by atoms with Crippen LogP contribution in [-0.4, -0.2) is 18.4 Å². The van der Waals surface area contributed by atoms with Crippen molar-refractivity contribution >= 4 is 6.41 Å². The Morgan fingerprint density at radius 2 is 2.09 bits per heavy atom. The van der Waals surface area contributed by atoms with Crippen molar-refractivity contribution in [1.82, 2.24) is 4.90 Å². The molecule has 2 nitrogen and oxygen atoms in total. The molecule has 1 aliphatic carbocycles. The second-order valence-corrected chi connectivity index (χ2v) is 3.19. The van der Waals surface area contributed by atoms with Crippen LogP contribution in [0.5, 0.6) is 0 Å². The summed E-state index contributed by atoms with van der Waals surface area (Å²) >= 11 is 0. The fourth-order valence-electron chi connectivity index (χ4n) is 1.61. The first-order valence-corrected chi connectivity index (χ1v) is 4.12. The molecule has 1 saturated carbocycles. The first kappa shape index (κ1) is 8.31. The van der Waals surface area contributed by atoms with Crippen LogP contribution in [0.25, 0.3) is 0 Å². The summed E-state index contributed by atoms with van der Waals surface area (Å²) in [5, 5.41) is 0. The minimum absolute atomic E-state index is 0.560. The largest absolute Gasteiger partial charge is 0.322 e. The number of nitrogens with zero attached hydrogens (tertiary/aromatic N) is 1. The van der Waals surface area contributed by atoms with Crippen LogP contribution in [0.4, 0.5) is 0 Å². The molecule has 0 spiro atoms. The second kappa shape index (κ2) is 3.56. The van der Waals surface area contributed by atoms with Crippen LogP contribution in [0.1, 0.15) is 25.7 Å². The number of carbonyl (C=O) groups is 1. The third kappa shape index (κ3) is 1.82. The van der Waals surface area contributed by atoms with Gasteiger partial charge in [0.05, 0.1) is 0 Å². The van der Waals surface area contributed by atoms with Crippen molar-refractivity contribution in [2.45, 2.75) is 25.7 Å². The van der Waals surface area contributed by atoms with Gasteiger partial charge in [-0.15, -0.1) is 0 Å². The quantitative estimate of drug-likeness (QED) is 0.566. The van der Waals surface area contributed by atoms with Crippen molar-refractivity contribution in [3.63, 3.8) is 0 Å². The normalized spacial score (nSPS) is 18.3. The standard InChI is InChI=1S/C9H15NO/c1-8(10(2)7-11)9-5-3-4-6-9/h7,9H,1,3-6H2,2H3. The van der Waals surface area contributed by atoms with Crippen molar-refractivity contribution in [3.8, 4) is 0 Å². The first-order chi connectivity index (χ1) is 5.25. The highest BCUT2D eigenvalue weighted by Gasteiger charge is 2.19. The van der Waals surface area contributed by atoms with Crippen LogP contribution < -0.4 is 0 Å². The number of amides is 1. The molecule has 0 unspecified atom stereocenters. The Kier molecular flexibility index (Phi) is 2.69. The molecule has 0 aromatic heterocycles. The zero-order valence-corrected chi connectivity index (χ0v) is 7.05. The van der Waals surface area contributed by atoms with Gasteiger partial charge in [-0.1, -0.05) is 19.4 Å². The highest BCUT2D eigenvalue weighted by atomic mass is 16.1. The monoisotopic (exact) mass is 153 g/mol. The maximum absolute atomic E-state index is 10.4. The van der Waals surface area contributed by atoms with Gasteiger partial charge >= 0.3 is 0 Å². The molecule has 62 valence electrons. The Morgan fingerprint density at radius 1 is 1.55 bits per heavy atom. The van der Waals surface area contributed by atoms with E-state index in [1.807, 2.05) is 0 Å². The van der Waals surface area contributed by atoms with Gasteiger partial charge in [0.15, 0.2) is 0 Å². The molecule has 1 rings (SSSR count). The molecule has 11 heavy (non-hydrogen) atoms. The van der Waals surface area contributed by atoms with Gasteiger partial charge in [-0.3, -0.25) is 4.79 Å². The summed E-state index contributed by atoms with van der Waals surface area (Å²) in [4.78, 5) is 12.0. The Balaban J connectivity index is 2.45. The summed E-state index contributed by atoms with van der Waals surface area (Å²) < 4.78 is 0. The number of carbonyl (C=O) groups excluding carboxylic acids is 1. The van der Waals surface area contributed by atoms with E-state index in [0.717, 1.165) is 12.1 Å². The molecule has 2 heteroatoms. The van der Waals surface area contributed by atoms with Gasteiger partial charge in [0, 0.05) is 12.7 Å². The maximum Gasteiger partial charge on any atom is 0.213 e. The second-order valence-electron chi connectivity index (χ2n) is 3.19. The van der Waals surface area contributed by atoms with E-state index < -0.39 is 0 Å². The Labute approximate surface area is 67.9 Å². The third-order valence-electron chi connectivity index (χ3n) is 2.44. The molecule has 1 aliphatic rings. The molecular formula is C9H15NO. The van der Waals surface area contributed by atoms with E-state index in [-0.39, 0.29) is 0 Å². The summed E-state index contributed by atoms with van der Waals surface area (Å²) in [6.07, 6.45) is 5.82. The molecule has 0 saturated heterocycles. The SMILES string of the molecule is C=C(C1CCCC1)N(C)C=O. The molecule has 0 aromatic carbocycles. The number of hydrogen-bond donors (Lipinski definition) is 0. The fraction of sp³-hybridized carbons (Fsp3) is 0.667. The van der Waals surface area contributed by atoms with E-state index in [1.54, 1.807) is 11.9 Å². The van der Waals surface area contributed by atoms with E-state index in [2.05, 4.69) is 6.58 Å².